The molecule has 0 aromatic heterocycles. The molecule has 12 heavy (non-hydrogen) atoms. The van der Waals surface area contributed by atoms with Gasteiger partial charge in [-0.15, -0.1) is 0 Å². The summed E-state index contributed by atoms with van der Waals surface area (Å²) in [6.45, 7) is 12.1. The van der Waals surface area contributed by atoms with Gasteiger partial charge in [0.2, 0.25) is 0 Å². The third kappa shape index (κ3) is 2.98. The SMILES string of the molecule is C=C(C)C(C)(C)[C@@H](O)CCCC. The van der Waals surface area contributed by atoms with Crippen molar-refractivity contribution in [3.63, 3.8) is 0 Å². The predicted molar refractivity (Wildman–Crippen MR) is 54.1 cm³/mol. The van der Waals surface area contributed by atoms with Gasteiger partial charge in [-0.2, -0.15) is 0 Å². The highest BCUT2D eigenvalue weighted by Crippen LogP contribution is 2.31. The van der Waals surface area contributed by atoms with Crippen LogP contribution in [0.4, 0.5) is 0 Å². The maximum absolute atomic E-state index is 9.82. The van der Waals surface area contributed by atoms with Gasteiger partial charge < -0.3 is 5.11 Å². The van der Waals surface area contributed by atoms with Crippen molar-refractivity contribution in [1.82, 2.24) is 0 Å². The van der Waals surface area contributed by atoms with Crippen LogP contribution < -0.4 is 0 Å². The molecule has 1 heteroatoms. The van der Waals surface area contributed by atoms with Crippen LogP contribution in [-0.4, -0.2) is 11.2 Å². The largest absolute Gasteiger partial charge is 0.392 e. The second kappa shape index (κ2) is 4.66. The number of aliphatic hydroxyl groups is 1. The number of hydrogen-bond donors (Lipinski definition) is 1. The van der Waals surface area contributed by atoms with Gasteiger partial charge >= 0.3 is 0 Å². The van der Waals surface area contributed by atoms with E-state index in [1.54, 1.807) is 0 Å². The Bertz CT molecular complexity index is 147. The molecule has 72 valence electrons. The van der Waals surface area contributed by atoms with Gasteiger partial charge in [0, 0.05) is 5.41 Å². The van der Waals surface area contributed by atoms with Crippen LogP contribution in [0, 0.1) is 5.41 Å². The van der Waals surface area contributed by atoms with Crippen molar-refractivity contribution in [1.29, 1.82) is 0 Å². The highest BCUT2D eigenvalue weighted by Gasteiger charge is 2.27. The molecule has 0 amide bonds. The first kappa shape index (κ1) is 11.7. The minimum atomic E-state index is -0.241. The predicted octanol–water partition coefficient (Wildman–Crippen LogP) is 3.14. The Balaban J connectivity index is 4.06. The van der Waals surface area contributed by atoms with E-state index in [9.17, 15) is 5.11 Å². The monoisotopic (exact) mass is 170 g/mol. The summed E-state index contributed by atoms with van der Waals surface area (Å²) in [5.41, 5.74) is 0.931. The molecule has 0 heterocycles. The van der Waals surface area contributed by atoms with E-state index in [0.717, 1.165) is 24.8 Å². The van der Waals surface area contributed by atoms with Crippen molar-refractivity contribution in [2.45, 2.75) is 53.1 Å². The molecule has 1 atom stereocenters. The zero-order valence-electron chi connectivity index (χ0n) is 8.85. The third-order valence-electron chi connectivity index (χ3n) is 2.76. The van der Waals surface area contributed by atoms with Gasteiger partial charge in [-0.05, 0) is 13.3 Å². The molecule has 0 aromatic rings. The molecular formula is C11H22O. The van der Waals surface area contributed by atoms with E-state index < -0.39 is 0 Å². The van der Waals surface area contributed by atoms with Crippen LogP contribution in [0.25, 0.3) is 0 Å². The summed E-state index contributed by atoms with van der Waals surface area (Å²) in [7, 11) is 0. The van der Waals surface area contributed by atoms with Crippen molar-refractivity contribution in [3.8, 4) is 0 Å². The average molecular weight is 170 g/mol. The first-order valence-corrected chi connectivity index (χ1v) is 4.77. The molecule has 1 N–H and O–H groups in total. The lowest BCUT2D eigenvalue weighted by Crippen LogP contribution is -2.29. The minimum Gasteiger partial charge on any atom is -0.392 e. The van der Waals surface area contributed by atoms with Gasteiger partial charge in [0.15, 0.2) is 0 Å². The first-order valence-electron chi connectivity index (χ1n) is 4.77. The van der Waals surface area contributed by atoms with Gasteiger partial charge in [0.1, 0.15) is 0 Å². The summed E-state index contributed by atoms with van der Waals surface area (Å²) in [6, 6.07) is 0. The van der Waals surface area contributed by atoms with Gasteiger partial charge in [0.05, 0.1) is 6.10 Å². The minimum absolute atomic E-state index is 0.130. The first-order chi connectivity index (χ1) is 5.42. The Morgan fingerprint density at radius 2 is 2.00 bits per heavy atom. The standard InChI is InChI=1S/C11H22O/c1-6-7-8-10(12)11(4,5)9(2)3/h10,12H,2,6-8H2,1,3-5H3/t10-/m0/s1. The molecule has 0 rings (SSSR count). The Labute approximate surface area is 76.5 Å². The van der Waals surface area contributed by atoms with Gasteiger partial charge in [-0.1, -0.05) is 45.8 Å². The Morgan fingerprint density at radius 3 is 2.33 bits per heavy atom. The molecule has 0 saturated carbocycles. The van der Waals surface area contributed by atoms with Crippen LogP contribution in [0.2, 0.25) is 0 Å². The zero-order chi connectivity index (χ0) is 9.78. The highest BCUT2D eigenvalue weighted by molar-refractivity contribution is 5.06. The second-order valence-corrected chi connectivity index (χ2v) is 4.16. The van der Waals surface area contributed by atoms with Crippen molar-refractivity contribution in [2.24, 2.45) is 5.41 Å². The van der Waals surface area contributed by atoms with E-state index in [4.69, 9.17) is 0 Å². The summed E-state index contributed by atoms with van der Waals surface area (Å²) in [5.74, 6) is 0. The molecule has 0 spiro atoms. The lowest BCUT2D eigenvalue weighted by atomic mass is 9.78. The fraction of sp³-hybridized carbons (Fsp3) is 0.818. The van der Waals surface area contributed by atoms with E-state index in [2.05, 4.69) is 27.4 Å². The van der Waals surface area contributed by atoms with Gasteiger partial charge in [0.25, 0.3) is 0 Å². The van der Waals surface area contributed by atoms with Crippen LogP contribution in [0.5, 0.6) is 0 Å². The molecular weight excluding hydrogens is 148 g/mol. The van der Waals surface area contributed by atoms with Crippen molar-refractivity contribution in [3.05, 3.63) is 12.2 Å². The molecule has 0 bridgehead atoms. The quantitative estimate of drug-likeness (QED) is 0.628. The maximum Gasteiger partial charge on any atom is 0.0628 e. The second-order valence-electron chi connectivity index (χ2n) is 4.16. The third-order valence-corrected chi connectivity index (χ3v) is 2.76. The summed E-state index contributed by atoms with van der Waals surface area (Å²) in [4.78, 5) is 0. The van der Waals surface area contributed by atoms with Crippen molar-refractivity contribution < 1.29 is 5.11 Å². The maximum atomic E-state index is 9.82. The average Bonchev–Trinajstić information content (AvgIpc) is 1.99. The van der Waals surface area contributed by atoms with E-state index in [-0.39, 0.29) is 11.5 Å². The lowest BCUT2D eigenvalue weighted by molar-refractivity contribution is 0.0650. The highest BCUT2D eigenvalue weighted by atomic mass is 16.3. The van der Waals surface area contributed by atoms with Crippen LogP contribution in [0.1, 0.15) is 47.0 Å². The number of hydrogen-bond acceptors (Lipinski definition) is 1. The molecule has 0 aliphatic carbocycles. The lowest BCUT2D eigenvalue weighted by Gasteiger charge is -2.31. The van der Waals surface area contributed by atoms with E-state index in [1.807, 2.05) is 6.92 Å². The molecule has 0 aliphatic heterocycles. The van der Waals surface area contributed by atoms with E-state index in [1.165, 1.54) is 0 Å². The number of rotatable bonds is 5. The van der Waals surface area contributed by atoms with E-state index in [0.29, 0.717) is 0 Å². The number of unbranched alkanes of at least 4 members (excludes halogenated alkanes) is 1. The van der Waals surface area contributed by atoms with Crippen molar-refractivity contribution >= 4 is 0 Å². The van der Waals surface area contributed by atoms with Gasteiger partial charge in [-0.3, -0.25) is 0 Å². The Morgan fingerprint density at radius 1 is 1.50 bits per heavy atom. The molecule has 0 radical (unpaired) electrons. The zero-order valence-corrected chi connectivity index (χ0v) is 8.85. The molecule has 1 nitrogen and oxygen atoms in total. The Hall–Kier alpha value is -0.300. The normalized spacial score (nSPS) is 14.4. The summed E-state index contributed by atoms with van der Waals surface area (Å²) >= 11 is 0. The fourth-order valence-corrected chi connectivity index (χ4v) is 1.04. The smallest absolute Gasteiger partial charge is 0.0628 e. The summed E-state index contributed by atoms with van der Waals surface area (Å²) in [5, 5.41) is 9.82. The fourth-order valence-electron chi connectivity index (χ4n) is 1.04. The summed E-state index contributed by atoms with van der Waals surface area (Å²) < 4.78 is 0. The topological polar surface area (TPSA) is 20.2 Å². The van der Waals surface area contributed by atoms with E-state index >= 15 is 0 Å². The summed E-state index contributed by atoms with van der Waals surface area (Å²) in [6.07, 6.45) is 2.88. The van der Waals surface area contributed by atoms with Crippen LogP contribution in [-0.2, 0) is 0 Å². The Kier molecular flexibility index (Phi) is 4.54. The molecule has 0 aliphatic rings. The molecule has 0 saturated heterocycles. The van der Waals surface area contributed by atoms with Gasteiger partial charge in [-0.25, -0.2) is 0 Å². The molecule has 0 unspecified atom stereocenters. The van der Waals surface area contributed by atoms with Crippen molar-refractivity contribution in [2.75, 3.05) is 0 Å². The molecule has 0 fully saturated rings. The van der Waals surface area contributed by atoms with Crippen LogP contribution in [0.3, 0.4) is 0 Å². The van der Waals surface area contributed by atoms with Crippen LogP contribution >= 0.6 is 0 Å². The number of aliphatic hydroxyl groups excluding tert-OH is 1. The van der Waals surface area contributed by atoms with Crippen LogP contribution in [0.15, 0.2) is 12.2 Å². The molecule has 0 aromatic carbocycles.